The number of halogens is 1. The predicted octanol–water partition coefficient (Wildman–Crippen LogP) is 4.80. The summed E-state index contributed by atoms with van der Waals surface area (Å²) < 4.78 is 26.4. The molecule has 32 heavy (non-hydrogen) atoms. The number of hydrogen-bond donors (Lipinski definition) is 0. The fraction of sp³-hybridized carbons (Fsp3) is 0.391. The van der Waals surface area contributed by atoms with Gasteiger partial charge < -0.3 is 4.90 Å². The highest BCUT2D eigenvalue weighted by Crippen LogP contribution is 2.33. The maximum Gasteiger partial charge on any atom is 0.229 e. The highest BCUT2D eigenvalue weighted by molar-refractivity contribution is 7.91. The van der Waals surface area contributed by atoms with E-state index in [1.807, 2.05) is 19.1 Å². The molecule has 0 bridgehead atoms. The Balaban J connectivity index is 1.82. The number of rotatable bonds is 10. The Morgan fingerprint density at radius 1 is 1.06 bits per heavy atom. The van der Waals surface area contributed by atoms with Crippen LogP contribution in [0.4, 0.5) is 5.13 Å². The van der Waals surface area contributed by atoms with Crippen LogP contribution in [0.25, 0.3) is 10.2 Å². The second-order valence-electron chi connectivity index (χ2n) is 7.54. The van der Waals surface area contributed by atoms with E-state index in [0.29, 0.717) is 28.8 Å². The van der Waals surface area contributed by atoms with Crippen LogP contribution in [0.5, 0.6) is 0 Å². The molecular weight excluding hydrogens is 466 g/mol. The van der Waals surface area contributed by atoms with Crippen LogP contribution in [0.1, 0.15) is 25.8 Å². The highest BCUT2D eigenvalue weighted by Gasteiger charge is 2.24. The lowest BCUT2D eigenvalue weighted by atomic mass is 10.2. The fourth-order valence-electron chi connectivity index (χ4n) is 3.35. The summed E-state index contributed by atoms with van der Waals surface area (Å²) in [7, 11) is -3.56. The van der Waals surface area contributed by atoms with Crippen molar-refractivity contribution in [2.45, 2.75) is 32.1 Å². The molecule has 0 N–H and O–H groups in total. The van der Waals surface area contributed by atoms with E-state index in [0.717, 1.165) is 23.4 Å². The number of fused-ring (bicyclic) bond motifs is 1. The minimum atomic E-state index is -3.56. The average molecular weight is 494 g/mol. The van der Waals surface area contributed by atoms with Gasteiger partial charge in [0.15, 0.2) is 15.0 Å². The SMILES string of the molecule is CCN(CC)CCN(C(=O)CCS(=O)(=O)c1ccc(C)cc1)c1nc2c(Cl)cccc2s1. The number of amides is 1. The Bertz CT molecular complexity index is 1170. The molecule has 172 valence electrons. The Labute approximate surface area is 198 Å². The molecule has 0 spiro atoms. The number of carbonyl (C=O) groups excluding carboxylic acids is 1. The van der Waals surface area contributed by atoms with Gasteiger partial charge in [0, 0.05) is 19.5 Å². The third-order valence-corrected chi connectivity index (χ3v) is 8.47. The number of thiazole rings is 1. The summed E-state index contributed by atoms with van der Waals surface area (Å²) in [5.41, 5.74) is 1.64. The summed E-state index contributed by atoms with van der Waals surface area (Å²) in [5.74, 6) is -0.509. The van der Waals surface area contributed by atoms with Crippen molar-refractivity contribution in [2.75, 3.05) is 36.8 Å². The number of sulfone groups is 1. The quantitative estimate of drug-likeness (QED) is 0.406. The Hall–Kier alpha value is -2.00. The largest absolute Gasteiger partial charge is 0.302 e. The molecule has 3 aromatic rings. The molecule has 0 aliphatic carbocycles. The Morgan fingerprint density at radius 2 is 1.75 bits per heavy atom. The van der Waals surface area contributed by atoms with Gasteiger partial charge in [-0.3, -0.25) is 9.69 Å². The Morgan fingerprint density at radius 3 is 2.38 bits per heavy atom. The van der Waals surface area contributed by atoms with Gasteiger partial charge >= 0.3 is 0 Å². The lowest BCUT2D eigenvalue weighted by Crippen LogP contribution is -2.39. The number of aromatic nitrogens is 1. The third kappa shape index (κ3) is 5.86. The lowest BCUT2D eigenvalue weighted by Gasteiger charge is -2.24. The number of nitrogens with zero attached hydrogens (tertiary/aromatic N) is 3. The number of aryl methyl sites for hydroxylation is 1. The average Bonchev–Trinajstić information content (AvgIpc) is 3.21. The molecule has 0 fully saturated rings. The molecule has 0 radical (unpaired) electrons. The molecule has 0 atom stereocenters. The molecule has 9 heteroatoms. The van der Waals surface area contributed by atoms with Crippen LogP contribution in [0.2, 0.25) is 5.02 Å². The van der Waals surface area contributed by atoms with Crippen molar-refractivity contribution in [3.8, 4) is 0 Å². The van der Waals surface area contributed by atoms with Gasteiger partial charge in [-0.05, 0) is 44.3 Å². The first-order valence-corrected chi connectivity index (χ1v) is 13.5. The topological polar surface area (TPSA) is 70.6 Å². The van der Waals surface area contributed by atoms with Gasteiger partial charge in [0.2, 0.25) is 5.91 Å². The van der Waals surface area contributed by atoms with E-state index in [1.54, 1.807) is 35.2 Å². The van der Waals surface area contributed by atoms with Gasteiger partial charge in [0.1, 0.15) is 5.52 Å². The normalized spacial score (nSPS) is 11.9. The summed E-state index contributed by atoms with van der Waals surface area (Å²) in [6.45, 7) is 8.88. The minimum absolute atomic E-state index is 0.113. The molecule has 2 aromatic carbocycles. The molecule has 1 heterocycles. The molecule has 0 aliphatic heterocycles. The van der Waals surface area contributed by atoms with E-state index in [-0.39, 0.29) is 23.0 Å². The van der Waals surface area contributed by atoms with E-state index < -0.39 is 9.84 Å². The van der Waals surface area contributed by atoms with E-state index in [1.165, 1.54) is 11.3 Å². The van der Waals surface area contributed by atoms with Crippen molar-refractivity contribution in [1.82, 2.24) is 9.88 Å². The molecule has 1 aromatic heterocycles. The van der Waals surface area contributed by atoms with Crippen LogP contribution < -0.4 is 4.90 Å². The maximum absolute atomic E-state index is 13.2. The first kappa shape index (κ1) is 24.6. The summed E-state index contributed by atoms with van der Waals surface area (Å²) in [4.78, 5) is 21.8. The molecular formula is C23H28ClN3O3S2. The number of hydrogen-bond acceptors (Lipinski definition) is 6. The van der Waals surface area contributed by atoms with Crippen molar-refractivity contribution < 1.29 is 13.2 Å². The zero-order valence-corrected chi connectivity index (χ0v) is 20.9. The lowest BCUT2D eigenvalue weighted by molar-refractivity contribution is -0.118. The van der Waals surface area contributed by atoms with E-state index >= 15 is 0 Å². The minimum Gasteiger partial charge on any atom is -0.302 e. The van der Waals surface area contributed by atoms with Crippen molar-refractivity contribution in [2.24, 2.45) is 0 Å². The number of carbonyl (C=O) groups is 1. The van der Waals surface area contributed by atoms with E-state index in [2.05, 4.69) is 23.7 Å². The first-order chi connectivity index (χ1) is 15.2. The van der Waals surface area contributed by atoms with Gasteiger partial charge in [-0.25, -0.2) is 13.4 Å². The van der Waals surface area contributed by atoms with Crippen LogP contribution in [-0.4, -0.2) is 56.1 Å². The molecule has 3 rings (SSSR count). The zero-order chi connectivity index (χ0) is 23.3. The predicted molar refractivity (Wildman–Crippen MR) is 133 cm³/mol. The van der Waals surface area contributed by atoms with Gasteiger partial charge in [0.05, 0.1) is 20.4 Å². The van der Waals surface area contributed by atoms with Crippen molar-refractivity contribution in [3.05, 3.63) is 53.1 Å². The van der Waals surface area contributed by atoms with Gasteiger partial charge in [-0.1, -0.05) is 60.5 Å². The van der Waals surface area contributed by atoms with Crippen LogP contribution >= 0.6 is 22.9 Å². The summed E-state index contributed by atoms with van der Waals surface area (Å²) >= 11 is 7.67. The van der Waals surface area contributed by atoms with Crippen molar-refractivity contribution in [3.63, 3.8) is 0 Å². The molecule has 0 unspecified atom stereocenters. The molecule has 0 saturated heterocycles. The number of anilines is 1. The smallest absolute Gasteiger partial charge is 0.229 e. The van der Waals surface area contributed by atoms with Crippen LogP contribution in [0.3, 0.4) is 0 Å². The molecule has 0 saturated carbocycles. The summed E-state index contributed by atoms with van der Waals surface area (Å²) in [6, 6.07) is 12.2. The van der Waals surface area contributed by atoms with Gasteiger partial charge in [-0.2, -0.15) is 0 Å². The van der Waals surface area contributed by atoms with Crippen LogP contribution in [0, 0.1) is 6.92 Å². The van der Waals surface area contributed by atoms with E-state index in [9.17, 15) is 13.2 Å². The monoisotopic (exact) mass is 493 g/mol. The Kier molecular flexibility index (Phi) is 8.27. The molecule has 1 amide bonds. The van der Waals surface area contributed by atoms with Crippen LogP contribution in [0.15, 0.2) is 47.4 Å². The van der Waals surface area contributed by atoms with Crippen LogP contribution in [-0.2, 0) is 14.6 Å². The number of likely N-dealkylation sites (N-methyl/N-ethyl adjacent to an activating group) is 1. The first-order valence-electron chi connectivity index (χ1n) is 10.6. The number of para-hydroxylation sites is 1. The van der Waals surface area contributed by atoms with Gasteiger partial charge in [0.25, 0.3) is 0 Å². The summed E-state index contributed by atoms with van der Waals surface area (Å²) in [5, 5.41) is 1.07. The summed E-state index contributed by atoms with van der Waals surface area (Å²) in [6.07, 6.45) is -0.113. The molecule has 6 nitrogen and oxygen atoms in total. The standard InChI is InChI=1S/C23H28ClN3O3S2/c1-4-26(5-2)14-15-27(23-25-22-19(24)7-6-8-20(22)31-23)21(28)13-16-32(29,30)18-11-9-17(3)10-12-18/h6-12H,4-5,13-16H2,1-3H3. The molecule has 0 aliphatic rings. The third-order valence-electron chi connectivity index (χ3n) is 5.39. The highest BCUT2D eigenvalue weighted by atomic mass is 35.5. The number of benzene rings is 2. The second kappa shape index (κ2) is 10.7. The van der Waals surface area contributed by atoms with Crippen molar-refractivity contribution in [1.29, 1.82) is 0 Å². The zero-order valence-electron chi connectivity index (χ0n) is 18.5. The van der Waals surface area contributed by atoms with E-state index in [4.69, 9.17) is 11.6 Å². The second-order valence-corrected chi connectivity index (χ2v) is 11.1. The maximum atomic E-state index is 13.2. The van der Waals surface area contributed by atoms with Crippen molar-refractivity contribution >= 4 is 54.0 Å². The fourth-order valence-corrected chi connectivity index (χ4v) is 5.89. The van der Waals surface area contributed by atoms with Gasteiger partial charge in [-0.15, -0.1) is 0 Å².